The first-order valence-electron chi connectivity index (χ1n) is 6.30. The zero-order valence-electron chi connectivity index (χ0n) is 10.5. The van der Waals surface area contributed by atoms with Gasteiger partial charge < -0.3 is 4.74 Å². The van der Waals surface area contributed by atoms with Gasteiger partial charge in [0.15, 0.2) is 0 Å². The van der Waals surface area contributed by atoms with E-state index in [4.69, 9.17) is 4.74 Å². The van der Waals surface area contributed by atoms with E-state index in [1.54, 1.807) is 0 Å². The van der Waals surface area contributed by atoms with Gasteiger partial charge in [-0.3, -0.25) is 4.79 Å². The van der Waals surface area contributed by atoms with Gasteiger partial charge in [0.25, 0.3) is 0 Å². The summed E-state index contributed by atoms with van der Waals surface area (Å²) >= 11 is 0. The number of carbonyl (C=O) groups excluding carboxylic acids is 1. The first kappa shape index (κ1) is 12.1. The average Bonchev–Trinajstić information content (AvgIpc) is 2.98. The Morgan fingerprint density at radius 3 is 2.76 bits per heavy atom. The van der Waals surface area contributed by atoms with E-state index in [1.807, 2.05) is 18.5 Å². The Labute approximate surface area is 101 Å². The van der Waals surface area contributed by atoms with Crippen LogP contribution >= 0.6 is 0 Å². The van der Waals surface area contributed by atoms with Gasteiger partial charge in [0.2, 0.25) is 0 Å². The molecule has 0 radical (unpaired) electrons. The molecule has 5 nitrogen and oxygen atoms in total. The molecule has 94 valence electrons. The van der Waals surface area contributed by atoms with E-state index < -0.39 is 5.41 Å². The Hall–Kier alpha value is -1.39. The number of aryl methyl sites for hydroxylation is 1. The molecule has 17 heavy (non-hydrogen) atoms. The number of carbonyl (C=O) groups is 1. The highest BCUT2D eigenvalue weighted by atomic mass is 16.5. The maximum absolute atomic E-state index is 12.2. The summed E-state index contributed by atoms with van der Waals surface area (Å²) in [6.45, 7) is 4.99. The third-order valence-electron chi connectivity index (χ3n) is 3.47. The first-order valence-corrected chi connectivity index (χ1v) is 6.30. The molecule has 1 aromatic rings. The van der Waals surface area contributed by atoms with E-state index in [1.165, 1.54) is 6.33 Å². The Balaban J connectivity index is 2.37. The van der Waals surface area contributed by atoms with Crippen LogP contribution in [0.1, 0.15) is 45.4 Å². The summed E-state index contributed by atoms with van der Waals surface area (Å²) in [5.74, 6) is 0.635. The summed E-state index contributed by atoms with van der Waals surface area (Å²) in [5, 5.41) is 4.16. The molecule has 0 N–H and O–H groups in total. The lowest BCUT2D eigenvalue weighted by Crippen LogP contribution is -2.37. The quantitative estimate of drug-likeness (QED) is 0.747. The van der Waals surface area contributed by atoms with Gasteiger partial charge in [0.1, 0.15) is 17.6 Å². The van der Waals surface area contributed by atoms with Crippen LogP contribution in [-0.2, 0) is 21.5 Å². The van der Waals surface area contributed by atoms with Crippen molar-refractivity contribution in [3.8, 4) is 0 Å². The second-order valence-corrected chi connectivity index (χ2v) is 4.41. The number of nitrogens with zero attached hydrogens (tertiary/aromatic N) is 3. The van der Waals surface area contributed by atoms with Gasteiger partial charge in [-0.05, 0) is 26.7 Å². The Morgan fingerprint density at radius 2 is 2.18 bits per heavy atom. The zero-order chi connectivity index (χ0) is 12.3. The second kappa shape index (κ2) is 4.85. The molecule has 0 amide bonds. The van der Waals surface area contributed by atoms with Crippen LogP contribution in [0.15, 0.2) is 6.33 Å². The minimum absolute atomic E-state index is 0.139. The van der Waals surface area contributed by atoms with Crippen LogP contribution in [0.2, 0.25) is 0 Å². The molecular formula is C12H19N3O2. The summed E-state index contributed by atoms with van der Waals surface area (Å²) in [6, 6.07) is 0. The molecular weight excluding hydrogens is 218 g/mol. The van der Waals surface area contributed by atoms with Gasteiger partial charge in [-0.25, -0.2) is 9.67 Å². The highest BCUT2D eigenvalue weighted by Gasteiger charge is 2.47. The molecule has 0 unspecified atom stereocenters. The van der Waals surface area contributed by atoms with Gasteiger partial charge >= 0.3 is 5.97 Å². The largest absolute Gasteiger partial charge is 0.465 e. The predicted molar refractivity (Wildman–Crippen MR) is 62.5 cm³/mol. The maximum atomic E-state index is 12.2. The van der Waals surface area contributed by atoms with Gasteiger partial charge in [-0.1, -0.05) is 12.8 Å². The molecule has 1 saturated carbocycles. The van der Waals surface area contributed by atoms with E-state index in [-0.39, 0.29) is 5.97 Å². The molecule has 1 heterocycles. The maximum Gasteiger partial charge on any atom is 0.319 e. The lowest BCUT2D eigenvalue weighted by molar-refractivity contribution is -0.150. The molecule has 1 fully saturated rings. The standard InChI is InChI=1S/C12H19N3O2/c1-3-15-10(13-9-14-15)12(7-5-6-8-12)11(16)17-4-2/h9H,3-8H2,1-2H3. The average molecular weight is 237 g/mol. The molecule has 0 spiro atoms. The second-order valence-electron chi connectivity index (χ2n) is 4.41. The molecule has 5 heteroatoms. The van der Waals surface area contributed by atoms with Crippen molar-refractivity contribution in [3.05, 3.63) is 12.2 Å². The third kappa shape index (κ3) is 1.94. The lowest BCUT2D eigenvalue weighted by Gasteiger charge is -2.25. The van der Waals surface area contributed by atoms with Crippen molar-refractivity contribution in [3.63, 3.8) is 0 Å². The number of hydrogen-bond acceptors (Lipinski definition) is 4. The highest BCUT2D eigenvalue weighted by Crippen LogP contribution is 2.41. The molecule has 1 aromatic heterocycles. The van der Waals surface area contributed by atoms with Crippen LogP contribution in [0.25, 0.3) is 0 Å². The predicted octanol–water partition coefficient (Wildman–Crippen LogP) is 1.67. The summed E-state index contributed by atoms with van der Waals surface area (Å²) in [7, 11) is 0. The number of ether oxygens (including phenoxy) is 1. The van der Waals surface area contributed by atoms with E-state index in [9.17, 15) is 4.79 Å². The van der Waals surface area contributed by atoms with E-state index in [0.29, 0.717) is 6.61 Å². The zero-order valence-corrected chi connectivity index (χ0v) is 10.5. The van der Waals surface area contributed by atoms with Crippen LogP contribution in [0.5, 0.6) is 0 Å². The Kier molecular flexibility index (Phi) is 3.45. The van der Waals surface area contributed by atoms with Crippen molar-refractivity contribution < 1.29 is 9.53 Å². The van der Waals surface area contributed by atoms with Crippen molar-refractivity contribution in [2.75, 3.05) is 6.61 Å². The minimum atomic E-state index is -0.553. The van der Waals surface area contributed by atoms with Gasteiger partial charge in [-0.2, -0.15) is 5.10 Å². The summed E-state index contributed by atoms with van der Waals surface area (Å²) in [4.78, 5) is 16.5. The molecule has 1 aliphatic rings. The minimum Gasteiger partial charge on any atom is -0.465 e. The molecule has 0 aromatic carbocycles. The number of esters is 1. The number of hydrogen-bond donors (Lipinski definition) is 0. The highest BCUT2D eigenvalue weighted by molar-refractivity contribution is 5.82. The van der Waals surface area contributed by atoms with E-state index in [2.05, 4.69) is 10.1 Å². The lowest BCUT2D eigenvalue weighted by atomic mass is 9.85. The van der Waals surface area contributed by atoms with Crippen LogP contribution in [0.3, 0.4) is 0 Å². The topological polar surface area (TPSA) is 57.0 Å². The third-order valence-corrected chi connectivity index (χ3v) is 3.47. The van der Waals surface area contributed by atoms with Crippen LogP contribution in [0, 0.1) is 0 Å². The molecule has 0 saturated heterocycles. The Morgan fingerprint density at radius 1 is 1.47 bits per heavy atom. The Bertz CT molecular complexity index is 394. The summed E-state index contributed by atoms with van der Waals surface area (Å²) < 4.78 is 7.04. The van der Waals surface area contributed by atoms with E-state index >= 15 is 0 Å². The molecule has 0 atom stereocenters. The molecule has 1 aliphatic carbocycles. The summed E-state index contributed by atoms with van der Waals surface area (Å²) in [5.41, 5.74) is -0.553. The van der Waals surface area contributed by atoms with Gasteiger partial charge in [-0.15, -0.1) is 0 Å². The first-order chi connectivity index (χ1) is 8.24. The normalized spacial score (nSPS) is 18.2. The van der Waals surface area contributed by atoms with Gasteiger partial charge in [0, 0.05) is 6.54 Å². The van der Waals surface area contributed by atoms with Crippen molar-refractivity contribution in [2.24, 2.45) is 0 Å². The fourth-order valence-electron chi connectivity index (χ4n) is 2.63. The fourth-order valence-corrected chi connectivity index (χ4v) is 2.63. The number of rotatable bonds is 4. The van der Waals surface area contributed by atoms with Crippen LogP contribution in [-0.4, -0.2) is 27.3 Å². The SMILES string of the molecule is CCOC(=O)C1(c2ncnn2CC)CCCC1. The summed E-state index contributed by atoms with van der Waals surface area (Å²) in [6.07, 6.45) is 5.28. The van der Waals surface area contributed by atoms with Crippen molar-refractivity contribution >= 4 is 5.97 Å². The molecule has 0 aliphatic heterocycles. The van der Waals surface area contributed by atoms with Crippen molar-refractivity contribution in [1.29, 1.82) is 0 Å². The fraction of sp³-hybridized carbons (Fsp3) is 0.750. The van der Waals surface area contributed by atoms with Crippen LogP contribution in [0.4, 0.5) is 0 Å². The monoisotopic (exact) mass is 237 g/mol. The van der Waals surface area contributed by atoms with E-state index in [0.717, 1.165) is 38.1 Å². The van der Waals surface area contributed by atoms with Crippen molar-refractivity contribution in [1.82, 2.24) is 14.8 Å². The van der Waals surface area contributed by atoms with Gasteiger partial charge in [0.05, 0.1) is 6.61 Å². The number of aromatic nitrogens is 3. The molecule has 2 rings (SSSR count). The van der Waals surface area contributed by atoms with Crippen molar-refractivity contribution in [2.45, 2.75) is 51.5 Å². The smallest absolute Gasteiger partial charge is 0.319 e. The molecule has 0 bridgehead atoms. The van der Waals surface area contributed by atoms with Crippen LogP contribution < -0.4 is 0 Å².